The van der Waals surface area contributed by atoms with E-state index in [1.54, 1.807) is 0 Å². The average Bonchev–Trinajstić information content (AvgIpc) is 2.50. The van der Waals surface area contributed by atoms with E-state index in [2.05, 4.69) is 31.4 Å². The summed E-state index contributed by atoms with van der Waals surface area (Å²) >= 11 is 3.10. The molecule has 10 nitrogen and oxygen atoms in total. The van der Waals surface area contributed by atoms with Crippen LogP contribution in [0, 0.1) is 20.2 Å². The first-order valence-electron chi connectivity index (χ1n) is 5.95. The Hall–Kier alpha value is -3.08. The lowest BCUT2D eigenvalue weighted by atomic mass is 10.2. The van der Waals surface area contributed by atoms with Gasteiger partial charge in [0, 0.05) is 22.2 Å². The van der Waals surface area contributed by atoms with Gasteiger partial charge in [-0.3, -0.25) is 25.7 Å². The minimum atomic E-state index is -0.719. The van der Waals surface area contributed by atoms with E-state index in [-0.39, 0.29) is 17.1 Å². The Morgan fingerprint density at radius 2 is 2.00 bits per heavy atom. The number of pyridine rings is 1. The Labute approximate surface area is 136 Å². The summed E-state index contributed by atoms with van der Waals surface area (Å²) in [7, 11) is 0. The van der Waals surface area contributed by atoms with Gasteiger partial charge in [0.25, 0.3) is 5.69 Å². The molecule has 0 spiro atoms. The van der Waals surface area contributed by atoms with Gasteiger partial charge in [-0.1, -0.05) is 15.9 Å². The molecule has 0 aliphatic rings. The van der Waals surface area contributed by atoms with Crippen LogP contribution < -0.4 is 5.43 Å². The highest BCUT2D eigenvalue weighted by atomic mass is 79.9. The zero-order valence-electron chi connectivity index (χ0n) is 11.2. The number of anilines is 1. The summed E-state index contributed by atoms with van der Waals surface area (Å²) in [5.41, 5.74) is 1.98. The summed E-state index contributed by atoms with van der Waals surface area (Å²) in [5, 5.41) is 34.9. The number of nitrogens with one attached hydrogen (secondary N) is 1. The second-order valence-corrected chi connectivity index (χ2v) is 5.06. The molecule has 11 heteroatoms. The molecule has 0 aliphatic carbocycles. The third-order valence-electron chi connectivity index (χ3n) is 2.62. The van der Waals surface area contributed by atoms with Crippen LogP contribution in [-0.2, 0) is 0 Å². The molecule has 0 saturated carbocycles. The molecule has 1 aromatic heterocycles. The summed E-state index contributed by atoms with van der Waals surface area (Å²) < 4.78 is 0.400. The van der Waals surface area contributed by atoms with Crippen molar-refractivity contribution in [2.75, 3.05) is 5.43 Å². The number of hydrogen-bond donors (Lipinski definition) is 2. The second-order valence-electron chi connectivity index (χ2n) is 4.15. The van der Waals surface area contributed by atoms with Crippen LogP contribution in [-0.4, -0.2) is 26.2 Å². The highest BCUT2D eigenvalue weighted by Crippen LogP contribution is 2.32. The lowest BCUT2D eigenvalue weighted by Gasteiger charge is -2.02. The molecule has 0 atom stereocenters. The fourth-order valence-corrected chi connectivity index (χ4v) is 2.03. The molecule has 0 fully saturated rings. The molecule has 118 valence electrons. The third kappa shape index (κ3) is 3.97. The monoisotopic (exact) mass is 381 g/mol. The van der Waals surface area contributed by atoms with Gasteiger partial charge in [0.1, 0.15) is 12.0 Å². The average molecular weight is 382 g/mol. The number of hydrazone groups is 1. The van der Waals surface area contributed by atoms with Crippen molar-refractivity contribution >= 4 is 39.3 Å². The minimum Gasteiger partial charge on any atom is -0.502 e. The highest BCUT2D eigenvalue weighted by molar-refractivity contribution is 9.10. The zero-order chi connectivity index (χ0) is 17.0. The van der Waals surface area contributed by atoms with Crippen molar-refractivity contribution in [2.24, 2.45) is 5.10 Å². The van der Waals surface area contributed by atoms with Crippen molar-refractivity contribution in [3.8, 4) is 5.75 Å². The molecule has 0 aliphatic heterocycles. The van der Waals surface area contributed by atoms with Gasteiger partial charge in [-0.25, -0.2) is 4.98 Å². The van der Waals surface area contributed by atoms with Gasteiger partial charge in [0.2, 0.25) is 5.75 Å². The lowest BCUT2D eigenvalue weighted by molar-refractivity contribution is -0.386. The summed E-state index contributed by atoms with van der Waals surface area (Å²) in [6, 6.07) is 5.19. The van der Waals surface area contributed by atoms with Crippen molar-refractivity contribution in [1.82, 2.24) is 4.98 Å². The van der Waals surface area contributed by atoms with Gasteiger partial charge in [0.05, 0.1) is 16.1 Å². The summed E-state index contributed by atoms with van der Waals surface area (Å²) in [4.78, 5) is 23.8. The first-order chi connectivity index (χ1) is 10.9. The van der Waals surface area contributed by atoms with E-state index in [9.17, 15) is 25.3 Å². The van der Waals surface area contributed by atoms with Crippen LogP contribution in [0.2, 0.25) is 0 Å². The normalized spacial score (nSPS) is 10.7. The molecule has 0 unspecified atom stereocenters. The fourth-order valence-electron chi connectivity index (χ4n) is 1.57. The molecule has 0 radical (unpaired) electrons. The van der Waals surface area contributed by atoms with Gasteiger partial charge in [-0.05, 0) is 12.1 Å². The summed E-state index contributed by atoms with van der Waals surface area (Å²) in [5.74, 6) is -0.295. The van der Waals surface area contributed by atoms with Crippen molar-refractivity contribution in [2.45, 2.75) is 0 Å². The van der Waals surface area contributed by atoms with Crippen molar-refractivity contribution in [3.63, 3.8) is 0 Å². The number of aromatic hydroxyl groups is 1. The van der Waals surface area contributed by atoms with E-state index in [0.29, 0.717) is 4.47 Å². The van der Waals surface area contributed by atoms with Crippen LogP contribution in [0.5, 0.6) is 5.75 Å². The van der Waals surface area contributed by atoms with Crippen molar-refractivity contribution in [3.05, 3.63) is 60.7 Å². The predicted octanol–water partition coefficient (Wildman–Crippen LogP) is 2.81. The summed E-state index contributed by atoms with van der Waals surface area (Å²) in [6.07, 6.45) is 2.22. The Kier molecular flexibility index (Phi) is 4.81. The second kappa shape index (κ2) is 6.79. The SMILES string of the molecule is O=[N+]([O-])c1ccc(N/N=C\c2cc(Br)cc([N+](=O)[O-])c2O)nc1. The minimum absolute atomic E-state index is 0.112. The van der Waals surface area contributed by atoms with Gasteiger partial charge in [-0.15, -0.1) is 0 Å². The number of benzene rings is 1. The van der Waals surface area contributed by atoms with Gasteiger partial charge >= 0.3 is 5.69 Å². The third-order valence-corrected chi connectivity index (χ3v) is 3.08. The van der Waals surface area contributed by atoms with Gasteiger partial charge in [-0.2, -0.15) is 5.10 Å². The first-order valence-corrected chi connectivity index (χ1v) is 6.74. The number of phenolic OH excluding ortho intramolecular Hbond substituents is 1. The van der Waals surface area contributed by atoms with Crippen molar-refractivity contribution < 1.29 is 15.0 Å². The van der Waals surface area contributed by atoms with Crippen LogP contribution in [0.25, 0.3) is 0 Å². The van der Waals surface area contributed by atoms with E-state index in [0.717, 1.165) is 18.5 Å². The largest absolute Gasteiger partial charge is 0.502 e. The van der Waals surface area contributed by atoms with Crippen LogP contribution in [0.3, 0.4) is 0 Å². The Morgan fingerprint density at radius 3 is 2.57 bits per heavy atom. The first kappa shape index (κ1) is 16.3. The smallest absolute Gasteiger partial charge is 0.312 e. The molecular formula is C12H8BrN5O5. The highest BCUT2D eigenvalue weighted by Gasteiger charge is 2.17. The van der Waals surface area contributed by atoms with Crippen molar-refractivity contribution in [1.29, 1.82) is 0 Å². The number of halogens is 1. The quantitative estimate of drug-likeness (QED) is 0.460. The van der Waals surface area contributed by atoms with Crippen LogP contribution in [0.1, 0.15) is 5.56 Å². The molecule has 1 aromatic carbocycles. The molecule has 2 N–H and O–H groups in total. The topological polar surface area (TPSA) is 144 Å². The van der Waals surface area contributed by atoms with E-state index in [1.165, 1.54) is 18.2 Å². The standard InChI is InChI=1S/C12H8BrN5O5/c13-8-3-7(12(19)10(4-8)18(22)23)5-15-16-11-2-1-9(6-14-11)17(20)21/h1-6,19H,(H,14,16)/b15-5-. The Balaban J connectivity index is 2.17. The maximum atomic E-state index is 10.8. The zero-order valence-corrected chi connectivity index (χ0v) is 12.8. The fraction of sp³-hybridized carbons (Fsp3) is 0. The summed E-state index contributed by atoms with van der Waals surface area (Å²) in [6.45, 7) is 0. The van der Waals surface area contributed by atoms with Crippen LogP contribution in [0.15, 0.2) is 40.0 Å². The molecule has 0 amide bonds. The predicted molar refractivity (Wildman–Crippen MR) is 84.6 cm³/mol. The van der Waals surface area contributed by atoms with Crippen LogP contribution in [0.4, 0.5) is 17.2 Å². The maximum absolute atomic E-state index is 10.8. The van der Waals surface area contributed by atoms with Gasteiger partial charge < -0.3 is 5.11 Å². The molecule has 0 saturated heterocycles. The molecular weight excluding hydrogens is 374 g/mol. The maximum Gasteiger partial charge on any atom is 0.312 e. The number of nitrogens with zero attached hydrogens (tertiary/aromatic N) is 4. The number of rotatable bonds is 5. The lowest BCUT2D eigenvalue weighted by Crippen LogP contribution is -1.96. The number of aromatic nitrogens is 1. The molecule has 2 aromatic rings. The van der Waals surface area contributed by atoms with E-state index >= 15 is 0 Å². The van der Waals surface area contributed by atoms with Crippen LogP contribution >= 0.6 is 15.9 Å². The van der Waals surface area contributed by atoms with Gasteiger partial charge in [0.15, 0.2) is 0 Å². The number of hydrogen-bond acceptors (Lipinski definition) is 8. The number of phenols is 1. The Bertz CT molecular complexity index is 793. The molecule has 23 heavy (non-hydrogen) atoms. The molecule has 1 heterocycles. The number of nitro groups is 2. The van der Waals surface area contributed by atoms with E-state index in [4.69, 9.17) is 0 Å². The number of nitro benzene ring substituents is 1. The molecule has 2 rings (SSSR count). The Morgan fingerprint density at radius 1 is 1.26 bits per heavy atom. The van der Waals surface area contributed by atoms with E-state index in [1.807, 2.05) is 0 Å². The molecule has 0 bridgehead atoms. The van der Waals surface area contributed by atoms with E-state index < -0.39 is 21.3 Å².